The number of thioether (sulfide) groups is 1. The van der Waals surface area contributed by atoms with Gasteiger partial charge in [-0.25, -0.2) is 4.98 Å². The van der Waals surface area contributed by atoms with Crippen LogP contribution in [0.4, 0.5) is 0 Å². The molecule has 0 radical (unpaired) electrons. The van der Waals surface area contributed by atoms with E-state index in [4.69, 9.17) is 9.47 Å². The molecule has 128 valence electrons. The number of para-hydroxylation sites is 1. The first-order valence-electron chi connectivity index (χ1n) is 8.26. The summed E-state index contributed by atoms with van der Waals surface area (Å²) in [6.07, 6.45) is 0.885. The van der Waals surface area contributed by atoms with Crippen LogP contribution in [-0.4, -0.2) is 23.2 Å². The molecule has 4 rings (SSSR count). The highest BCUT2D eigenvalue weighted by atomic mass is 32.2. The van der Waals surface area contributed by atoms with Gasteiger partial charge < -0.3 is 14.5 Å². The van der Waals surface area contributed by atoms with Crippen molar-refractivity contribution >= 4 is 22.7 Å². The van der Waals surface area contributed by atoms with E-state index in [2.05, 4.69) is 9.97 Å². The van der Waals surface area contributed by atoms with Crippen LogP contribution in [0.2, 0.25) is 0 Å². The highest BCUT2D eigenvalue weighted by molar-refractivity contribution is 7.99. The molecule has 1 aliphatic heterocycles. The van der Waals surface area contributed by atoms with Crippen LogP contribution in [0.3, 0.4) is 0 Å². The van der Waals surface area contributed by atoms with Crippen molar-refractivity contribution in [3.63, 3.8) is 0 Å². The van der Waals surface area contributed by atoms with Gasteiger partial charge in [0.1, 0.15) is 5.82 Å². The highest BCUT2D eigenvalue weighted by Crippen LogP contribution is 2.38. The largest absolute Gasteiger partial charge is 0.490 e. The summed E-state index contributed by atoms with van der Waals surface area (Å²) in [5.74, 6) is 2.22. The van der Waals surface area contributed by atoms with Gasteiger partial charge in [0.25, 0.3) is 5.56 Å². The zero-order valence-electron chi connectivity index (χ0n) is 13.8. The van der Waals surface area contributed by atoms with Crippen molar-refractivity contribution in [1.82, 2.24) is 9.97 Å². The number of benzene rings is 2. The summed E-state index contributed by atoms with van der Waals surface area (Å²) in [5.41, 5.74) is 0.610. The maximum atomic E-state index is 12.2. The van der Waals surface area contributed by atoms with Gasteiger partial charge in [-0.2, -0.15) is 0 Å². The number of hydrogen-bond donors (Lipinski definition) is 1. The summed E-state index contributed by atoms with van der Waals surface area (Å²) in [6, 6.07) is 13.3. The number of fused-ring (bicyclic) bond motifs is 2. The molecule has 25 heavy (non-hydrogen) atoms. The van der Waals surface area contributed by atoms with E-state index in [-0.39, 0.29) is 10.8 Å². The summed E-state index contributed by atoms with van der Waals surface area (Å²) >= 11 is 1.63. The van der Waals surface area contributed by atoms with Crippen molar-refractivity contribution in [3.05, 3.63) is 58.6 Å². The summed E-state index contributed by atoms with van der Waals surface area (Å²) in [7, 11) is 0. The molecule has 1 aliphatic rings. The van der Waals surface area contributed by atoms with Crippen molar-refractivity contribution in [2.75, 3.05) is 13.2 Å². The fourth-order valence-corrected chi connectivity index (χ4v) is 3.73. The van der Waals surface area contributed by atoms with E-state index in [1.807, 2.05) is 43.3 Å². The van der Waals surface area contributed by atoms with E-state index in [0.29, 0.717) is 29.9 Å². The number of ether oxygens (including phenoxy) is 2. The maximum Gasteiger partial charge on any atom is 0.258 e. The quantitative estimate of drug-likeness (QED) is 0.722. The monoisotopic (exact) mass is 354 g/mol. The van der Waals surface area contributed by atoms with Gasteiger partial charge in [-0.15, -0.1) is 11.8 Å². The lowest BCUT2D eigenvalue weighted by Gasteiger charge is -2.13. The molecule has 0 saturated carbocycles. The van der Waals surface area contributed by atoms with Gasteiger partial charge in [0.05, 0.1) is 29.4 Å². The van der Waals surface area contributed by atoms with Gasteiger partial charge in [-0.05, 0) is 37.3 Å². The number of nitrogens with one attached hydrogen (secondary N) is 1. The Morgan fingerprint density at radius 3 is 2.80 bits per heavy atom. The third kappa shape index (κ3) is 3.35. The second-order valence-electron chi connectivity index (χ2n) is 5.89. The Morgan fingerprint density at radius 1 is 1.12 bits per heavy atom. The molecule has 1 atom stereocenters. The SMILES string of the molecule is C[C@@H](Sc1ccc2c(c1)OCCCO2)c1nc2ccccc2c(=O)[nH]1. The van der Waals surface area contributed by atoms with Crippen molar-refractivity contribution in [3.8, 4) is 11.5 Å². The molecule has 0 saturated heterocycles. The molecule has 6 heteroatoms. The summed E-state index contributed by atoms with van der Waals surface area (Å²) in [4.78, 5) is 20.8. The van der Waals surface area contributed by atoms with E-state index < -0.39 is 0 Å². The average molecular weight is 354 g/mol. The van der Waals surface area contributed by atoms with Crippen molar-refractivity contribution in [2.45, 2.75) is 23.5 Å². The highest BCUT2D eigenvalue weighted by Gasteiger charge is 2.15. The number of rotatable bonds is 3. The maximum absolute atomic E-state index is 12.2. The average Bonchev–Trinajstić information content (AvgIpc) is 2.86. The zero-order chi connectivity index (χ0) is 17.2. The Kier molecular flexibility index (Phi) is 4.36. The number of H-pyrrole nitrogens is 1. The molecule has 1 aromatic heterocycles. The fraction of sp³-hybridized carbons (Fsp3) is 0.263. The predicted molar refractivity (Wildman–Crippen MR) is 98.7 cm³/mol. The molecule has 0 fully saturated rings. The minimum absolute atomic E-state index is 0.00190. The first-order valence-corrected chi connectivity index (χ1v) is 9.14. The first-order chi connectivity index (χ1) is 12.2. The van der Waals surface area contributed by atoms with Gasteiger partial charge in [0.2, 0.25) is 0 Å². The predicted octanol–water partition coefficient (Wildman–Crippen LogP) is 3.94. The van der Waals surface area contributed by atoms with E-state index >= 15 is 0 Å². The van der Waals surface area contributed by atoms with Gasteiger partial charge in [-0.1, -0.05) is 12.1 Å². The van der Waals surface area contributed by atoms with Crippen molar-refractivity contribution in [2.24, 2.45) is 0 Å². The standard InChI is InChI=1S/C19H18N2O3S/c1-12(18-20-15-6-3-2-5-14(15)19(22)21-18)25-13-7-8-16-17(11-13)24-10-4-9-23-16/h2-3,5-8,11-12H,4,9-10H2,1H3,(H,20,21,22)/t12-/m1/s1. The van der Waals surface area contributed by atoms with E-state index in [0.717, 1.165) is 22.8 Å². The van der Waals surface area contributed by atoms with E-state index in [9.17, 15) is 4.79 Å². The topological polar surface area (TPSA) is 64.2 Å². The molecule has 0 unspecified atom stereocenters. The van der Waals surface area contributed by atoms with Crippen LogP contribution < -0.4 is 15.0 Å². The smallest absolute Gasteiger partial charge is 0.258 e. The first kappa shape index (κ1) is 16.0. The Morgan fingerprint density at radius 2 is 1.92 bits per heavy atom. The van der Waals surface area contributed by atoms with Crippen LogP contribution >= 0.6 is 11.8 Å². The Balaban J connectivity index is 1.61. The van der Waals surface area contributed by atoms with Gasteiger partial charge in [0.15, 0.2) is 11.5 Å². The van der Waals surface area contributed by atoms with Crippen LogP contribution in [-0.2, 0) is 0 Å². The molecule has 5 nitrogen and oxygen atoms in total. The molecule has 0 amide bonds. The molecule has 1 N–H and O–H groups in total. The van der Waals surface area contributed by atoms with Crippen molar-refractivity contribution < 1.29 is 9.47 Å². The molecule has 3 aromatic rings. The minimum atomic E-state index is -0.105. The van der Waals surface area contributed by atoms with Crippen molar-refractivity contribution in [1.29, 1.82) is 0 Å². The molecule has 0 spiro atoms. The number of nitrogens with zero attached hydrogens (tertiary/aromatic N) is 1. The number of aromatic nitrogens is 2. The molecular weight excluding hydrogens is 336 g/mol. The second-order valence-corrected chi connectivity index (χ2v) is 7.30. The Bertz CT molecular complexity index is 970. The van der Waals surface area contributed by atoms with Crippen LogP contribution in [0.1, 0.15) is 24.4 Å². The number of hydrogen-bond acceptors (Lipinski definition) is 5. The molecule has 2 aromatic carbocycles. The van der Waals surface area contributed by atoms with Crippen LogP contribution in [0.15, 0.2) is 52.2 Å². The molecule has 0 aliphatic carbocycles. The minimum Gasteiger partial charge on any atom is -0.490 e. The normalized spacial score (nSPS) is 14.9. The number of aromatic amines is 1. The zero-order valence-corrected chi connectivity index (χ0v) is 14.6. The van der Waals surface area contributed by atoms with Crippen LogP contribution in [0.25, 0.3) is 10.9 Å². The second kappa shape index (κ2) is 6.80. The van der Waals surface area contributed by atoms with Gasteiger partial charge in [0, 0.05) is 11.3 Å². The lowest BCUT2D eigenvalue weighted by atomic mass is 10.2. The van der Waals surface area contributed by atoms with E-state index in [1.165, 1.54) is 0 Å². The third-order valence-corrected chi connectivity index (χ3v) is 5.15. The summed E-state index contributed by atoms with van der Waals surface area (Å²) < 4.78 is 11.4. The molecular formula is C19H18N2O3S. The Labute approximate surface area is 149 Å². The van der Waals surface area contributed by atoms with E-state index in [1.54, 1.807) is 17.8 Å². The molecule has 2 heterocycles. The lowest BCUT2D eigenvalue weighted by Crippen LogP contribution is -2.12. The third-order valence-electron chi connectivity index (χ3n) is 4.05. The van der Waals surface area contributed by atoms with Gasteiger partial charge in [-0.3, -0.25) is 4.79 Å². The van der Waals surface area contributed by atoms with Crippen LogP contribution in [0.5, 0.6) is 11.5 Å². The summed E-state index contributed by atoms with van der Waals surface area (Å²) in [5, 5.41) is 0.612. The summed E-state index contributed by atoms with van der Waals surface area (Å²) in [6.45, 7) is 3.37. The Hall–Kier alpha value is -2.47. The van der Waals surface area contributed by atoms with Crippen LogP contribution in [0, 0.1) is 0 Å². The lowest BCUT2D eigenvalue weighted by molar-refractivity contribution is 0.297. The fourth-order valence-electron chi connectivity index (χ4n) is 2.77. The van der Waals surface area contributed by atoms with Gasteiger partial charge >= 0.3 is 0 Å². The molecule has 0 bridgehead atoms.